The van der Waals surface area contributed by atoms with Crippen molar-refractivity contribution in [1.29, 1.82) is 0 Å². The molecular weight excluding hydrogens is 250 g/mol. The largest absolute Gasteiger partial charge is 0.481 e. The van der Waals surface area contributed by atoms with Crippen LogP contribution in [0.5, 0.6) is 0 Å². The van der Waals surface area contributed by atoms with Gasteiger partial charge in [-0.25, -0.2) is 0 Å². The first-order valence-electron chi connectivity index (χ1n) is 5.44. The summed E-state index contributed by atoms with van der Waals surface area (Å²) in [4.78, 5) is 15.0. The number of halogens is 1. The Labute approximate surface area is 112 Å². The maximum Gasteiger partial charge on any atom is 0.307 e. The summed E-state index contributed by atoms with van der Waals surface area (Å²) in [6.07, 6.45) is 2.39. The summed E-state index contributed by atoms with van der Waals surface area (Å²) in [5.41, 5.74) is 2.75. The fraction of sp³-hybridized carbons (Fsp3) is 0.143. The van der Waals surface area contributed by atoms with Crippen molar-refractivity contribution in [2.75, 3.05) is 0 Å². The highest BCUT2D eigenvalue weighted by molar-refractivity contribution is 5.85. The number of hydrogen-bond donors (Lipinski definition) is 1. The highest BCUT2D eigenvalue weighted by Crippen LogP contribution is 2.12. The average molecular weight is 264 g/mol. The molecule has 0 unspecified atom stereocenters. The smallest absolute Gasteiger partial charge is 0.307 e. The molecule has 0 radical (unpaired) electrons. The van der Waals surface area contributed by atoms with Gasteiger partial charge in [-0.15, -0.1) is 12.4 Å². The molecule has 0 aliphatic heterocycles. The number of rotatable bonds is 4. The summed E-state index contributed by atoms with van der Waals surface area (Å²) in [6.45, 7) is 0. The first-order chi connectivity index (χ1) is 8.25. The number of benzene rings is 1. The van der Waals surface area contributed by atoms with Crippen molar-refractivity contribution in [3.8, 4) is 0 Å². The van der Waals surface area contributed by atoms with Gasteiger partial charge in [-0.2, -0.15) is 0 Å². The summed E-state index contributed by atoms with van der Waals surface area (Å²) in [5.74, 6) is -0.827. The molecule has 0 bridgehead atoms. The molecule has 18 heavy (non-hydrogen) atoms. The Morgan fingerprint density at radius 3 is 2.50 bits per heavy atom. The Balaban J connectivity index is 0.00000162. The zero-order valence-corrected chi connectivity index (χ0v) is 10.6. The van der Waals surface area contributed by atoms with Crippen molar-refractivity contribution in [2.24, 2.45) is 0 Å². The number of nitrogens with zero attached hydrogens (tertiary/aromatic N) is 1. The van der Waals surface area contributed by atoms with E-state index in [2.05, 4.69) is 4.98 Å². The lowest BCUT2D eigenvalue weighted by molar-refractivity contribution is -0.136. The van der Waals surface area contributed by atoms with E-state index in [-0.39, 0.29) is 18.8 Å². The molecule has 0 saturated carbocycles. The number of hydrogen-bond acceptors (Lipinski definition) is 2. The maximum atomic E-state index is 10.7. The SMILES string of the molecule is Cl.O=C(O)Cc1cccnc1Cc1ccccc1. The first-order valence-corrected chi connectivity index (χ1v) is 5.44. The highest BCUT2D eigenvalue weighted by Gasteiger charge is 2.07. The van der Waals surface area contributed by atoms with Gasteiger partial charge in [-0.05, 0) is 17.2 Å². The van der Waals surface area contributed by atoms with Gasteiger partial charge in [0, 0.05) is 18.3 Å². The van der Waals surface area contributed by atoms with Crippen LogP contribution < -0.4 is 0 Å². The van der Waals surface area contributed by atoms with E-state index in [0.29, 0.717) is 6.42 Å². The van der Waals surface area contributed by atoms with Crippen LogP contribution in [0.15, 0.2) is 48.7 Å². The molecule has 1 aromatic carbocycles. The number of carbonyl (C=O) groups is 1. The van der Waals surface area contributed by atoms with Crippen molar-refractivity contribution in [2.45, 2.75) is 12.8 Å². The molecule has 94 valence electrons. The lowest BCUT2D eigenvalue weighted by Crippen LogP contribution is -2.05. The average Bonchev–Trinajstić information content (AvgIpc) is 2.32. The number of carboxylic acids is 1. The normalized spacial score (nSPS) is 9.56. The predicted molar refractivity (Wildman–Crippen MR) is 72.1 cm³/mol. The molecule has 3 nitrogen and oxygen atoms in total. The van der Waals surface area contributed by atoms with E-state index in [9.17, 15) is 4.79 Å². The van der Waals surface area contributed by atoms with Crippen LogP contribution in [-0.2, 0) is 17.6 Å². The zero-order valence-electron chi connectivity index (χ0n) is 9.74. The van der Waals surface area contributed by atoms with Gasteiger partial charge in [-0.1, -0.05) is 36.4 Å². The van der Waals surface area contributed by atoms with Crippen LogP contribution in [-0.4, -0.2) is 16.1 Å². The standard InChI is InChI=1S/C14H13NO2.ClH/c16-14(17)10-12-7-4-8-15-13(12)9-11-5-2-1-3-6-11;/h1-8H,9-10H2,(H,16,17);1H. The van der Waals surface area contributed by atoms with Crippen LogP contribution in [0.3, 0.4) is 0 Å². The minimum atomic E-state index is -0.827. The number of aromatic nitrogens is 1. The summed E-state index contributed by atoms with van der Waals surface area (Å²) in [7, 11) is 0. The van der Waals surface area contributed by atoms with Crippen molar-refractivity contribution in [3.63, 3.8) is 0 Å². The van der Waals surface area contributed by atoms with Gasteiger partial charge in [-0.3, -0.25) is 9.78 Å². The molecule has 2 rings (SSSR count). The van der Waals surface area contributed by atoms with Crippen LogP contribution in [0.2, 0.25) is 0 Å². The second-order valence-electron chi connectivity index (χ2n) is 3.84. The maximum absolute atomic E-state index is 10.7. The van der Waals surface area contributed by atoms with Crippen LogP contribution in [0.25, 0.3) is 0 Å². The van der Waals surface area contributed by atoms with Crippen LogP contribution in [0.4, 0.5) is 0 Å². The predicted octanol–water partition coefficient (Wildman–Crippen LogP) is 2.72. The van der Waals surface area contributed by atoms with Crippen LogP contribution in [0.1, 0.15) is 16.8 Å². The molecule has 2 aromatic rings. The lowest BCUT2D eigenvalue weighted by atomic mass is 10.0. The van der Waals surface area contributed by atoms with Gasteiger partial charge < -0.3 is 5.11 Å². The van der Waals surface area contributed by atoms with Crippen molar-refractivity contribution < 1.29 is 9.90 Å². The fourth-order valence-corrected chi connectivity index (χ4v) is 1.74. The first kappa shape index (κ1) is 14.2. The van der Waals surface area contributed by atoms with Crippen molar-refractivity contribution >= 4 is 18.4 Å². The lowest BCUT2D eigenvalue weighted by Gasteiger charge is -2.06. The third-order valence-electron chi connectivity index (χ3n) is 2.54. The van der Waals surface area contributed by atoms with E-state index in [0.717, 1.165) is 16.8 Å². The van der Waals surface area contributed by atoms with Gasteiger partial charge in [0.2, 0.25) is 0 Å². The number of pyridine rings is 1. The Morgan fingerprint density at radius 1 is 1.11 bits per heavy atom. The molecule has 1 aromatic heterocycles. The minimum Gasteiger partial charge on any atom is -0.481 e. The van der Waals surface area contributed by atoms with Gasteiger partial charge in [0.1, 0.15) is 0 Å². The number of aliphatic carboxylic acids is 1. The molecule has 1 N–H and O–H groups in total. The van der Waals surface area contributed by atoms with E-state index in [1.54, 1.807) is 12.3 Å². The van der Waals surface area contributed by atoms with E-state index >= 15 is 0 Å². The van der Waals surface area contributed by atoms with Crippen LogP contribution >= 0.6 is 12.4 Å². The summed E-state index contributed by atoms with van der Waals surface area (Å²) >= 11 is 0. The molecule has 0 atom stereocenters. The molecule has 0 aliphatic rings. The van der Waals surface area contributed by atoms with Crippen molar-refractivity contribution in [3.05, 3.63) is 65.5 Å². The second-order valence-corrected chi connectivity index (χ2v) is 3.84. The van der Waals surface area contributed by atoms with E-state index in [1.807, 2.05) is 36.4 Å². The van der Waals surface area contributed by atoms with Gasteiger partial charge in [0.25, 0.3) is 0 Å². The summed E-state index contributed by atoms with van der Waals surface area (Å²) < 4.78 is 0. The molecule has 0 spiro atoms. The summed E-state index contributed by atoms with van der Waals surface area (Å²) in [5, 5.41) is 8.83. The molecule has 0 fully saturated rings. The Kier molecular flexibility index (Phi) is 5.33. The van der Waals surface area contributed by atoms with Crippen molar-refractivity contribution in [1.82, 2.24) is 4.98 Å². The quantitative estimate of drug-likeness (QED) is 0.923. The van der Waals surface area contributed by atoms with Gasteiger partial charge in [0.15, 0.2) is 0 Å². The van der Waals surface area contributed by atoms with E-state index in [1.165, 1.54) is 0 Å². The molecule has 0 saturated heterocycles. The second kappa shape index (κ2) is 6.77. The fourth-order valence-electron chi connectivity index (χ4n) is 1.74. The molecule has 0 amide bonds. The Morgan fingerprint density at radius 2 is 1.83 bits per heavy atom. The molecule has 1 heterocycles. The molecular formula is C14H14ClNO2. The summed E-state index contributed by atoms with van der Waals surface area (Å²) in [6, 6.07) is 13.5. The number of carboxylic acid groups (broad SMARTS) is 1. The Hall–Kier alpha value is -1.87. The highest BCUT2D eigenvalue weighted by atomic mass is 35.5. The van der Waals surface area contributed by atoms with E-state index in [4.69, 9.17) is 5.11 Å². The van der Waals surface area contributed by atoms with E-state index < -0.39 is 5.97 Å². The monoisotopic (exact) mass is 263 g/mol. The van der Waals surface area contributed by atoms with Gasteiger partial charge in [0.05, 0.1) is 6.42 Å². The zero-order chi connectivity index (χ0) is 12.1. The third-order valence-corrected chi connectivity index (χ3v) is 2.54. The third kappa shape index (κ3) is 3.86. The minimum absolute atomic E-state index is 0. The Bertz CT molecular complexity index is 514. The molecule has 0 aliphatic carbocycles. The van der Waals surface area contributed by atoms with Gasteiger partial charge >= 0.3 is 5.97 Å². The topological polar surface area (TPSA) is 50.2 Å². The molecule has 4 heteroatoms. The van der Waals surface area contributed by atoms with Crippen LogP contribution in [0, 0.1) is 0 Å².